The van der Waals surface area contributed by atoms with E-state index in [2.05, 4.69) is 22.5 Å². The summed E-state index contributed by atoms with van der Waals surface area (Å²) >= 11 is 0. The number of phenolic OH excluding ortho intramolecular Hbond substituents is 1. The number of hydrogen-bond donors (Lipinski definition) is 3. The number of aromatic hydroxyl groups is 1. The number of phenols is 1. The van der Waals surface area contributed by atoms with Crippen LogP contribution in [-0.2, 0) is 22.6 Å². The number of urea groups is 1. The molecular weight excluding hydrogens is 677 g/mol. The van der Waals surface area contributed by atoms with E-state index in [4.69, 9.17) is 29.6 Å². The topological polar surface area (TPSA) is 193 Å². The van der Waals surface area contributed by atoms with Crippen LogP contribution in [0.2, 0.25) is 0 Å². The van der Waals surface area contributed by atoms with Crippen LogP contribution in [0.1, 0.15) is 23.4 Å². The number of aryl methyl sites for hydroxylation is 1. The predicted octanol–water partition coefficient (Wildman–Crippen LogP) is 3.13. The zero-order chi connectivity index (χ0) is 36.9. The summed E-state index contributed by atoms with van der Waals surface area (Å²) in [4.78, 5) is 41.7. The molecule has 1 aromatic heterocycles. The maximum absolute atomic E-state index is 14.0. The summed E-state index contributed by atoms with van der Waals surface area (Å²) in [6, 6.07) is 18.0. The number of amides is 3. The standard InChI is InChI=1S/C32H34N6O6.C2HF3O2/c1-20-34-31(36-44-20)23-6-8-24(9-7-23)35-32(41)37(27(30(33)40)15-21-3-10-26(39)11-4-21)25-13-14-38(2,18-25)17-22-5-12-28-29(16-22)43-19-42-28;3-2(4,5)1(6)7/h3-12,16,25,27H,13-15,17-19H2,1-2H3,(H3-,33,35,36,39,40,41);(H,6,7)/t25-,27+,38?;/m1./s1. The molecule has 0 bridgehead atoms. The third-order valence-corrected chi connectivity index (χ3v) is 8.47. The van der Waals surface area contributed by atoms with Gasteiger partial charge < -0.3 is 49.4 Å². The molecule has 1 unspecified atom stereocenters. The van der Waals surface area contributed by atoms with Gasteiger partial charge in [0.1, 0.15) is 24.3 Å². The fourth-order valence-corrected chi connectivity index (χ4v) is 6.06. The highest BCUT2D eigenvalue weighted by Crippen LogP contribution is 2.35. The highest BCUT2D eigenvalue weighted by molar-refractivity contribution is 5.94. The zero-order valence-corrected chi connectivity index (χ0v) is 27.6. The molecule has 0 aliphatic carbocycles. The number of halogens is 3. The molecule has 0 spiro atoms. The minimum Gasteiger partial charge on any atom is -0.542 e. The second-order valence-corrected chi connectivity index (χ2v) is 12.4. The second-order valence-electron chi connectivity index (χ2n) is 12.4. The minimum atomic E-state index is -5.19. The van der Waals surface area contributed by atoms with Gasteiger partial charge in [-0.1, -0.05) is 17.3 Å². The van der Waals surface area contributed by atoms with Gasteiger partial charge in [-0.3, -0.25) is 4.79 Å². The van der Waals surface area contributed by atoms with E-state index in [9.17, 15) is 27.9 Å². The molecule has 51 heavy (non-hydrogen) atoms. The number of primary amides is 1. The maximum atomic E-state index is 14.0. The van der Waals surface area contributed by atoms with Crippen LogP contribution in [0.5, 0.6) is 17.2 Å². The number of ether oxygens (including phenoxy) is 2. The molecule has 17 heteroatoms. The Morgan fingerprint density at radius 1 is 1.06 bits per heavy atom. The number of aromatic nitrogens is 2. The van der Waals surface area contributed by atoms with Gasteiger partial charge in [0.25, 0.3) is 0 Å². The number of hydrogen-bond acceptors (Lipinski definition) is 10. The number of carbonyl (C=O) groups excluding carboxylic acids is 3. The van der Waals surface area contributed by atoms with E-state index in [1.807, 2.05) is 18.2 Å². The summed E-state index contributed by atoms with van der Waals surface area (Å²) in [6.45, 7) is 4.07. The molecule has 270 valence electrons. The number of anilines is 1. The van der Waals surface area contributed by atoms with Gasteiger partial charge in [0.15, 0.2) is 11.5 Å². The first-order valence-corrected chi connectivity index (χ1v) is 15.7. The quantitative estimate of drug-likeness (QED) is 0.217. The van der Waals surface area contributed by atoms with E-state index in [0.717, 1.165) is 41.3 Å². The second kappa shape index (κ2) is 15.0. The number of benzene rings is 3. The lowest BCUT2D eigenvalue weighted by molar-refractivity contribution is -0.911. The Morgan fingerprint density at radius 3 is 2.31 bits per heavy atom. The summed E-state index contributed by atoms with van der Waals surface area (Å²) < 4.78 is 48.3. The Kier molecular flexibility index (Phi) is 10.7. The van der Waals surface area contributed by atoms with Gasteiger partial charge >= 0.3 is 12.2 Å². The van der Waals surface area contributed by atoms with Crippen LogP contribution >= 0.6 is 0 Å². The van der Waals surface area contributed by atoms with Crippen molar-refractivity contribution in [1.82, 2.24) is 15.0 Å². The summed E-state index contributed by atoms with van der Waals surface area (Å²) in [5.74, 6) is -1.12. The van der Waals surface area contributed by atoms with E-state index in [1.165, 1.54) is 0 Å². The molecule has 3 aromatic carbocycles. The largest absolute Gasteiger partial charge is 0.542 e. The molecule has 0 radical (unpaired) electrons. The first-order valence-electron chi connectivity index (χ1n) is 15.7. The van der Waals surface area contributed by atoms with Crippen LogP contribution in [0, 0.1) is 6.92 Å². The first-order chi connectivity index (χ1) is 24.1. The molecule has 6 rings (SSSR count). The number of quaternary nitrogens is 1. The molecule has 1 saturated heterocycles. The normalized spacial score (nSPS) is 18.3. The van der Waals surface area contributed by atoms with Crippen molar-refractivity contribution in [1.29, 1.82) is 0 Å². The number of carboxylic acids is 1. The first kappa shape index (κ1) is 36.4. The molecule has 14 nitrogen and oxygen atoms in total. The third kappa shape index (κ3) is 9.24. The average molecular weight is 713 g/mol. The zero-order valence-electron chi connectivity index (χ0n) is 27.6. The number of rotatable bonds is 9. The van der Waals surface area contributed by atoms with Gasteiger partial charge in [-0.25, -0.2) is 4.79 Å². The van der Waals surface area contributed by atoms with Crippen molar-refractivity contribution in [3.8, 4) is 28.6 Å². The Hall–Kier alpha value is -5.84. The van der Waals surface area contributed by atoms with Crippen LogP contribution < -0.4 is 25.6 Å². The fourth-order valence-electron chi connectivity index (χ4n) is 6.06. The SMILES string of the molecule is Cc1nc(-c2ccc(NC(=O)N([C@@H]3CC[N+](C)(Cc4ccc5c(c4)OCO5)C3)[C@@H](Cc3ccc(O)cc3)C(N)=O)cc2)no1.O=C([O-])C(F)(F)F. The Balaban J connectivity index is 0.000000654. The van der Waals surface area contributed by atoms with E-state index in [-0.39, 0.29) is 25.0 Å². The molecule has 3 heterocycles. The van der Waals surface area contributed by atoms with Crippen LogP contribution in [0.25, 0.3) is 11.4 Å². The van der Waals surface area contributed by atoms with Crippen molar-refractivity contribution in [3.63, 3.8) is 0 Å². The Bertz CT molecular complexity index is 1870. The van der Waals surface area contributed by atoms with Crippen LogP contribution in [0.15, 0.2) is 71.3 Å². The monoisotopic (exact) mass is 712 g/mol. The summed E-state index contributed by atoms with van der Waals surface area (Å²) in [6.07, 6.45) is -4.30. The van der Waals surface area contributed by atoms with Gasteiger partial charge in [-0.2, -0.15) is 18.2 Å². The lowest BCUT2D eigenvalue weighted by Crippen LogP contribution is -2.56. The maximum Gasteiger partial charge on any atom is 0.430 e. The number of fused-ring (bicyclic) bond motifs is 1. The van der Waals surface area contributed by atoms with Crippen molar-refractivity contribution in [2.24, 2.45) is 5.73 Å². The number of likely N-dealkylation sites (tertiary alicyclic amines) is 1. The number of alkyl halides is 3. The van der Waals surface area contributed by atoms with Gasteiger partial charge in [0.2, 0.25) is 24.4 Å². The fraction of sp³-hybridized carbons (Fsp3) is 0.324. The Labute approximate surface area is 289 Å². The van der Waals surface area contributed by atoms with Crippen LogP contribution in [-0.4, -0.2) is 87.7 Å². The Morgan fingerprint density at radius 2 is 1.71 bits per heavy atom. The summed E-state index contributed by atoms with van der Waals surface area (Å²) in [7, 11) is 2.15. The average Bonchev–Trinajstić information content (AvgIpc) is 3.82. The van der Waals surface area contributed by atoms with E-state index < -0.39 is 30.1 Å². The number of nitrogens with zero attached hydrogens (tertiary/aromatic N) is 4. The summed E-state index contributed by atoms with van der Waals surface area (Å²) in [5, 5.41) is 25.5. The number of nitrogens with one attached hydrogen (secondary N) is 1. The van der Waals surface area contributed by atoms with Gasteiger partial charge in [0.05, 0.1) is 26.2 Å². The van der Waals surface area contributed by atoms with Crippen molar-refractivity contribution in [2.75, 3.05) is 32.2 Å². The molecule has 0 saturated carbocycles. The number of likely N-dealkylation sites (N-methyl/N-ethyl adjacent to an activating group) is 1. The molecule has 4 aromatic rings. The predicted molar refractivity (Wildman–Crippen MR) is 172 cm³/mol. The van der Waals surface area contributed by atoms with Crippen molar-refractivity contribution in [2.45, 2.75) is 44.6 Å². The highest BCUT2D eigenvalue weighted by atomic mass is 19.4. The molecule has 2 aliphatic rings. The van der Waals surface area contributed by atoms with Crippen molar-refractivity contribution < 1.29 is 56.2 Å². The minimum absolute atomic E-state index is 0.116. The number of nitrogens with two attached hydrogens (primary N) is 1. The van der Waals surface area contributed by atoms with Crippen LogP contribution in [0.4, 0.5) is 23.7 Å². The van der Waals surface area contributed by atoms with Gasteiger partial charge in [-0.05, 0) is 60.2 Å². The number of carbonyl (C=O) groups is 3. The van der Waals surface area contributed by atoms with E-state index in [1.54, 1.807) is 60.4 Å². The molecular formula is C34H35F3N6O8. The smallest absolute Gasteiger partial charge is 0.430 e. The third-order valence-electron chi connectivity index (χ3n) is 8.47. The van der Waals surface area contributed by atoms with E-state index in [0.29, 0.717) is 34.9 Å². The molecule has 2 aliphatic heterocycles. The molecule has 3 amide bonds. The van der Waals surface area contributed by atoms with Gasteiger partial charge in [-0.15, -0.1) is 0 Å². The lowest BCUT2D eigenvalue weighted by atomic mass is 10.0. The van der Waals surface area contributed by atoms with Crippen LogP contribution in [0.3, 0.4) is 0 Å². The van der Waals surface area contributed by atoms with E-state index >= 15 is 0 Å². The molecule has 3 atom stereocenters. The highest BCUT2D eigenvalue weighted by Gasteiger charge is 2.44. The number of carboxylic acid groups (broad SMARTS) is 1. The number of aliphatic carboxylic acids is 1. The molecule has 1 fully saturated rings. The molecule has 4 N–H and O–H groups in total. The van der Waals surface area contributed by atoms with Crippen molar-refractivity contribution in [3.05, 3.63) is 83.7 Å². The van der Waals surface area contributed by atoms with Crippen molar-refractivity contribution >= 4 is 23.6 Å². The lowest BCUT2D eigenvalue weighted by Gasteiger charge is -2.36. The van der Waals surface area contributed by atoms with Gasteiger partial charge in [0, 0.05) is 36.6 Å². The summed E-state index contributed by atoms with van der Waals surface area (Å²) in [5.41, 5.74) is 9.15.